The summed E-state index contributed by atoms with van der Waals surface area (Å²) < 4.78 is 41.6. The second-order valence-corrected chi connectivity index (χ2v) is 12.2. The molecule has 0 unspecified atom stereocenters. The molecule has 1 aromatic carbocycles. The summed E-state index contributed by atoms with van der Waals surface area (Å²) in [4.78, 5) is 18.6. The molecule has 0 N–H and O–H groups in total. The quantitative estimate of drug-likeness (QED) is 0.282. The molecule has 0 spiro atoms. The van der Waals surface area contributed by atoms with Gasteiger partial charge in [-0.3, -0.25) is 4.57 Å². The first-order valence-corrected chi connectivity index (χ1v) is 15.9. The Labute approximate surface area is 247 Å². The highest BCUT2D eigenvalue weighted by Gasteiger charge is 2.27. The third-order valence-electron chi connectivity index (χ3n) is 9.40. The molecule has 0 amide bonds. The van der Waals surface area contributed by atoms with Gasteiger partial charge in [0.2, 0.25) is 5.95 Å². The molecule has 42 heavy (non-hydrogen) atoms. The monoisotopic (exact) mass is 582 g/mol. The molecule has 1 aliphatic carbocycles. The van der Waals surface area contributed by atoms with Gasteiger partial charge >= 0.3 is 0 Å². The van der Waals surface area contributed by atoms with Gasteiger partial charge in [-0.1, -0.05) is 19.1 Å². The van der Waals surface area contributed by atoms with E-state index < -0.39 is 6.43 Å². The van der Waals surface area contributed by atoms with Crippen LogP contribution in [0.2, 0.25) is 0 Å². The summed E-state index contributed by atoms with van der Waals surface area (Å²) in [5, 5.41) is 0. The number of aromatic nitrogens is 4. The van der Waals surface area contributed by atoms with Gasteiger partial charge in [-0.05, 0) is 88.4 Å². The smallest absolute Gasteiger partial charge is 0.296 e. The molecule has 2 saturated heterocycles. The van der Waals surface area contributed by atoms with Crippen molar-refractivity contribution in [2.75, 3.05) is 57.4 Å². The van der Waals surface area contributed by atoms with E-state index in [4.69, 9.17) is 19.4 Å². The largest absolute Gasteiger partial charge is 0.378 e. The van der Waals surface area contributed by atoms with E-state index in [0.29, 0.717) is 67.0 Å². The van der Waals surface area contributed by atoms with E-state index in [1.807, 2.05) is 24.3 Å². The molecule has 8 nitrogen and oxygen atoms in total. The Balaban J connectivity index is 1.13. The molecule has 2 aromatic heterocycles. The second-order valence-electron chi connectivity index (χ2n) is 12.2. The number of rotatable bonds is 11. The van der Waals surface area contributed by atoms with Gasteiger partial charge in [0.15, 0.2) is 5.82 Å². The standard InChI is InChI=1S/C32H44F2N6O2/c1-23(24-9-12-26(13-10-24)42-21-16-38-14-4-5-15-38)8-11-25-22-29(37-32(35-25)39-17-19-41-20-18-39)40-28-7-3-2-6-27(28)36-31(40)30(33)34/h2-3,6-7,22-24,26,30H,4-5,8-21H2,1H3/t23-,24?,26?/m1/s1. The number of para-hydroxylation sites is 2. The van der Waals surface area contributed by atoms with Crippen molar-refractivity contribution in [1.29, 1.82) is 0 Å². The minimum absolute atomic E-state index is 0.290. The summed E-state index contributed by atoms with van der Waals surface area (Å²) in [6.07, 6.45) is 6.76. The molecular weight excluding hydrogens is 538 g/mol. The van der Waals surface area contributed by atoms with Gasteiger partial charge in [-0.15, -0.1) is 0 Å². The Bertz CT molecular complexity index is 1300. The van der Waals surface area contributed by atoms with Crippen molar-refractivity contribution in [3.63, 3.8) is 0 Å². The summed E-state index contributed by atoms with van der Waals surface area (Å²) in [5.41, 5.74) is 2.04. The summed E-state index contributed by atoms with van der Waals surface area (Å²) in [7, 11) is 0. The van der Waals surface area contributed by atoms with Crippen LogP contribution >= 0.6 is 0 Å². The van der Waals surface area contributed by atoms with Crippen LogP contribution < -0.4 is 4.90 Å². The predicted molar refractivity (Wildman–Crippen MR) is 160 cm³/mol. The minimum Gasteiger partial charge on any atom is -0.378 e. The summed E-state index contributed by atoms with van der Waals surface area (Å²) in [6, 6.07) is 9.11. The SMILES string of the molecule is C[C@H](CCc1cc(-n2c(C(F)F)nc3ccccc32)nc(N2CCOCC2)n1)C1CCC(OCCN2CCCC2)CC1. The number of imidazole rings is 1. The van der Waals surface area contributed by atoms with Gasteiger partial charge in [0, 0.05) is 31.4 Å². The molecule has 0 radical (unpaired) electrons. The zero-order chi connectivity index (χ0) is 28.9. The van der Waals surface area contributed by atoms with Crippen LogP contribution in [0.5, 0.6) is 0 Å². The zero-order valence-corrected chi connectivity index (χ0v) is 24.8. The molecule has 3 aliphatic rings. The van der Waals surface area contributed by atoms with E-state index in [1.165, 1.54) is 43.3 Å². The van der Waals surface area contributed by atoms with Crippen molar-refractivity contribution in [2.45, 2.75) is 70.8 Å². The van der Waals surface area contributed by atoms with Crippen LogP contribution in [0.15, 0.2) is 30.3 Å². The van der Waals surface area contributed by atoms with E-state index in [1.54, 1.807) is 6.07 Å². The molecular formula is C32H44F2N6O2. The molecule has 2 aliphatic heterocycles. The topological polar surface area (TPSA) is 68.5 Å². The molecule has 4 heterocycles. The summed E-state index contributed by atoms with van der Waals surface area (Å²) in [5.74, 6) is 1.95. The van der Waals surface area contributed by atoms with Gasteiger partial charge in [-0.25, -0.2) is 18.7 Å². The van der Waals surface area contributed by atoms with Gasteiger partial charge < -0.3 is 19.3 Å². The van der Waals surface area contributed by atoms with E-state index in [9.17, 15) is 8.78 Å². The molecule has 10 heteroatoms. The Morgan fingerprint density at radius 3 is 2.50 bits per heavy atom. The van der Waals surface area contributed by atoms with Gasteiger partial charge in [0.25, 0.3) is 6.43 Å². The number of fused-ring (bicyclic) bond motifs is 1. The molecule has 1 atom stereocenters. The molecule has 3 fully saturated rings. The van der Waals surface area contributed by atoms with Crippen LogP contribution in [0.4, 0.5) is 14.7 Å². The average Bonchev–Trinajstić information content (AvgIpc) is 3.69. The van der Waals surface area contributed by atoms with Crippen LogP contribution in [0.3, 0.4) is 0 Å². The maximum absolute atomic E-state index is 14.2. The third-order valence-corrected chi connectivity index (χ3v) is 9.40. The second kappa shape index (κ2) is 13.7. The highest BCUT2D eigenvalue weighted by Crippen LogP contribution is 2.34. The molecule has 1 saturated carbocycles. The summed E-state index contributed by atoms with van der Waals surface area (Å²) in [6.45, 7) is 9.26. The van der Waals surface area contributed by atoms with Crippen LogP contribution in [0.1, 0.15) is 69.8 Å². The Morgan fingerprint density at radius 2 is 1.74 bits per heavy atom. The number of alkyl halides is 2. The Kier molecular flexibility index (Phi) is 9.61. The zero-order valence-electron chi connectivity index (χ0n) is 24.8. The van der Waals surface area contributed by atoms with Crippen molar-refractivity contribution in [3.8, 4) is 5.82 Å². The lowest BCUT2D eigenvalue weighted by Gasteiger charge is -2.32. The van der Waals surface area contributed by atoms with Gasteiger partial charge in [0.1, 0.15) is 5.82 Å². The van der Waals surface area contributed by atoms with Gasteiger partial charge in [-0.2, -0.15) is 4.98 Å². The first-order chi connectivity index (χ1) is 20.5. The Morgan fingerprint density at radius 1 is 0.976 bits per heavy atom. The number of nitrogens with zero attached hydrogens (tertiary/aromatic N) is 6. The highest BCUT2D eigenvalue weighted by molar-refractivity contribution is 5.78. The van der Waals surface area contributed by atoms with E-state index in [2.05, 4.69) is 21.7 Å². The number of ether oxygens (including phenoxy) is 2. The van der Waals surface area contributed by atoms with Crippen LogP contribution in [-0.4, -0.2) is 83.1 Å². The minimum atomic E-state index is -2.72. The number of hydrogen-bond donors (Lipinski definition) is 0. The number of halogens is 2. The fourth-order valence-corrected chi connectivity index (χ4v) is 6.84. The average molecular weight is 583 g/mol. The van der Waals surface area contributed by atoms with Crippen LogP contribution in [-0.2, 0) is 15.9 Å². The normalized spacial score (nSPS) is 22.8. The first-order valence-electron chi connectivity index (χ1n) is 15.9. The number of morpholine rings is 1. The number of likely N-dealkylation sites (tertiary alicyclic amines) is 1. The number of hydrogen-bond acceptors (Lipinski definition) is 7. The van der Waals surface area contributed by atoms with Crippen molar-refractivity contribution in [1.82, 2.24) is 24.4 Å². The Hall–Kier alpha value is -2.69. The van der Waals surface area contributed by atoms with Crippen molar-refractivity contribution in [2.24, 2.45) is 11.8 Å². The third kappa shape index (κ3) is 6.92. The lowest BCUT2D eigenvalue weighted by atomic mass is 9.78. The van der Waals surface area contributed by atoms with Crippen molar-refractivity contribution in [3.05, 3.63) is 41.9 Å². The maximum atomic E-state index is 14.2. The number of anilines is 1. The van der Waals surface area contributed by atoms with Crippen LogP contribution in [0.25, 0.3) is 16.9 Å². The van der Waals surface area contributed by atoms with E-state index in [-0.39, 0.29) is 5.82 Å². The van der Waals surface area contributed by atoms with Crippen molar-refractivity contribution < 1.29 is 18.3 Å². The van der Waals surface area contributed by atoms with E-state index >= 15 is 0 Å². The van der Waals surface area contributed by atoms with E-state index in [0.717, 1.165) is 44.5 Å². The lowest BCUT2D eigenvalue weighted by molar-refractivity contribution is 0.00390. The molecule has 6 rings (SSSR count). The lowest BCUT2D eigenvalue weighted by Crippen LogP contribution is -2.37. The maximum Gasteiger partial charge on any atom is 0.296 e. The number of benzene rings is 1. The number of aryl methyl sites for hydroxylation is 1. The fourth-order valence-electron chi connectivity index (χ4n) is 6.84. The summed E-state index contributed by atoms with van der Waals surface area (Å²) >= 11 is 0. The van der Waals surface area contributed by atoms with Crippen molar-refractivity contribution >= 4 is 17.0 Å². The van der Waals surface area contributed by atoms with Crippen LogP contribution in [0, 0.1) is 11.8 Å². The molecule has 3 aromatic rings. The fraction of sp³-hybridized carbons (Fsp3) is 0.656. The predicted octanol–water partition coefficient (Wildman–Crippen LogP) is 5.83. The first kappa shape index (κ1) is 29.4. The van der Waals surface area contributed by atoms with Gasteiger partial charge in [0.05, 0.1) is 37.0 Å². The molecule has 0 bridgehead atoms. The molecule has 228 valence electrons. The highest BCUT2D eigenvalue weighted by atomic mass is 19.3.